The first-order valence-corrected chi connectivity index (χ1v) is 9.48. The zero-order valence-corrected chi connectivity index (χ0v) is 16.2. The van der Waals surface area contributed by atoms with Crippen molar-refractivity contribution in [1.29, 1.82) is 0 Å². The van der Waals surface area contributed by atoms with Gasteiger partial charge in [0.1, 0.15) is 6.33 Å². The highest BCUT2D eigenvalue weighted by Crippen LogP contribution is 2.36. The molecule has 4 rings (SSSR count). The van der Waals surface area contributed by atoms with E-state index in [1.54, 1.807) is 24.6 Å². The largest absolute Gasteiger partial charge is 0.462 e. The van der Waals surface area contributed by atoms with Gasteiger partial charge < -0.3 is 9.47 Å². The second-order valence-corrected chi connectivity index (χ2v) is 6.39. The van der Waals surface area contributed by atoms with Crippen molar-refractivity contribution < 1.29 is 19.1 Å². The number of benzene rings is 2. The van der Waals surface area contributed by atoms with Gasteiger partial charge in [0, 0.05) is 10.9 Å². The third-order valence-corrected chi connectivity index (χ3v) is 4.70. The molecule has 4 aromatic rings. The minimum atomic E-state index is -0.574. The van der Waals surface area contributed by atoms with Crippen LogP contribution in [-0.4, -0.2) is 34.5 Å². The lowest BCUT2D eigenvalue weighted by molar-refractivity contribution is 0.0522. The lowest BCUT2D eigenvalue weighted by Gasteiger charge is -2.16. The van der Waals surface area contributed by atoms with E-state index in [9.17, 15) is 9.59 Å². The molecule has 0 aliphatic rings. The first-order chi connectivity index (χ1) is 14.2. The normalized spacial score (nSPS) is 11.0. The molecule has 0 aliphatic heterocycles. The van der Waals surface area contributed by atoms with Crippen molar-refractivity contribution in [3.63, 3.8) is 0 Å². The van der Waals surface area contributed by atoms with E-state index >= 15 is 0 Å². The SMILES string of the molecule is CCOC(=O)c1ncn2c1c(C(=O)OCC)c(-c1ccccc1)c1ccccc12. The number of carbonyl (C=O) groups is 2. The first-order valence-electron chi connectivity index (χ1n) is 9.48. The predicted molar refractivity (Wildman–Crippen MR) is 110 cm³/mol. The van der Waals surface area contributed by atoms with E-state index in [2.05, 4.69) is 4.98 Å². The van der Waals surface area contributed by atoms with E-state index < -0.39 is 11.9 Å². The summed E-state index contributed by atoms with van der Waals surface area (Å²) in [7, 11) is 0. The van der Waals surface area contributed by atoms with Gasteiger partial charge in [-0.2, -0.15) is 0 Å². The summed E-state index contributed by atoms with van der Waals surface area (Å²) in [5.41, 5.74) is 3.18. The molecule has 146 valence electrons. The van der Waals surface area contributed by atoms with Gasteiger partial charge in [0.15, 0.2) is 5.69 Å². The quantitative estimate of drug-likeness (QED) is 0.471. The zero-order chi connectivity index (χ0) is 20.4. The molecule has 0 atom stereocenters. The minimum Gasteiger partial charge on any atom is -0.462 e. The van der Waals surface area contributed by atoms with Crippen LogP contribution in [0.15, 0.2) is 60.9 Å². The Kier molecular flexibility index (Phi) is 4.99. The van der Waals surface area contributed by atoms with Crippen molar-refractivity contribution in [3.05, 3.63) is 72.2 Å². The highest BCUT2D eigenvalue weighted by atomic mass is 16.5. The molecule has 0 bridgehead atoms. The number of imidazole rings is 1. The van der Waals surface area contributed by atoms with Crippen LogP contribution >= 0.6 is 0 Å². The highest BCUT2D eigenvalue weighted by Gasteiger charge is 2.28. The van der Waals surface area contributed by atoms with Gasteiger partial charge in [-0.1, -0.05) is 48.5 Å². The van der Waals surface area contributed by atoms with Crippen LogP contribution in [0.4, 0.5) is 0 Å². The molecule has 0 amide bonds. The fourth-order valence-corrected chi connectivity index (χ4v) is 3.57. The molecule has 2 aromatic heterocycles. The van der Waals surface area contributed by atoms with E-state index in [1.165, 1.54) is 0 Å². The van der Waals surface area contributed by atoms with Crippen LogP contribution < -0.4 is 0 Å². The number of pyridine rings is 1. The number of fused-ring (bicyclic) bond motifs is 3. The Balaban J connectivity index is 2.20. The third-order valence-electron chi connectivity index (χ3n) is 4.70. The van der Waals surface area contributed by atoms with Crippen LogP contribution in [0.5, 0.6) is 0 Å². The molecule has 29 heavy (non-hydrogen) atoms. The third kappa shape index (κ3) is 3.12. The maximum atomic E-state index is 13.1. The predicted octanol–water partition coefficient (Wildman–Crippen LogP) is 4.51. The van der Waals surface area contributed by atoms with Crippen LogP contribution in [0.25, 0.3) is 27.5 Å². The van der Waals surface area contributed by atoms with Gasteiger partial charge in [0.2, 0.25) is 0 Å². The lowest BCUT2D eigenvalue weighted by atomic mass is 9.94. The maximum Gasteiger partial charge on any atom is 0.359 e. The molecule has 0 spiro atoms. The van der Waals surface area contributed by atoms with Gasteiger partial charge in [-0.05, 0) is 25.5 Å². The molecular weight excluding hydrogens is 368 g/mol. The summed E-state index contributed by atoms with van der Waals surface area (Å²) >= 11 is 0. The fourth-order valence-electron chi connectivity index (χ4n) is 3.57. The smallest absolute Gasteiger partial charge is 0.359 e. The van der Waals surface area contributed by atoms with Gasteiger partial charge in [0.25, 0.3) is 0 Å². The van der Waals surface area contributed by atoms with Crippen LogP contribution in [0.2, 0.25) is 0 Å². The Labute approximate surface area is 167 Å². The molecule has 0 fully saturated rings. The monoisotopic (exact) mass is 388 g/mol. The summed E-state index contributed by atoms with van der Waals surface area (Å²) in [6.07, 6.45) is 1.54. The number of carbonyl (C=O) groups excluding carboxylic acids is 2. The van der Waals surface area contributed by atoms with E-state index in [4.69, 9.17) is 9.47 Å². The number of aromatic nitrogens is 2. The molecule has 2 heterocycles. The van der Waals surface area contributed by atoms with Gasteiger partial charge in [-0.25, -0.2) is 14.6 Å². The number of ether oxygens (including phenoxy) is 2. The van der Waals surface area contributed by atoms with E-state index in [-0.39, 0.29) is 18.9 Å². The Morgan fingerprint density at radius 3 is 2.28 bits per heavy atom. The van der Waals surface area contributed by atoms with Crippen LogP contribution in [0, 0.1) is 0 Å². The number of esters is 2. The van der Waals surface area contributed by atoms with Gasteiger partial charge >= 0.3 is 11.9 Å². The maximum absolute atomic E-state index is 13.1. The highest BCUT2D eigenvalue weighted by molar-refractivity contribution is 6.15. The summed E-state index contributed by atoms with van der Waals surface area (Å²) in [6, 6.07) is 17.3. The second kappa shape index (κ2) is 7.75. The Bertz CT molecular complexity index is 1210. The summed E-state index contributed by atoms with van der Waals surface area (Å²) in [5.74, 6) is -1.08. The Morgan fingerprint density at radius 2 is 1.55 bits per heavy atom. The molecule has 2 aromatic carbocycles. The average Bonchev–Trinajstić information content (AvgIpc) is 3.19. The van der Waals surface area contributed by atoms with E-state index in [1.807, 2.05) is 54.6 Å². The van der Waals surface area contributed by atoms with Crippen molar-refractivity contribution in [3.8, 4) is 11.1 Å². The number of para-hydroxylation sites is 1. The lowest BCUT2D eigenvalue weighted by Crippen LogP contribution is -2.13. The Hall–Kier alpha value is -3.67. The molecular formula is C23H20N2O4. The number of rotatable bonds is 5. The van der Waals surface area contributed by atoms with E-state index in [0.717, 1.165) is 16.5 Å². The molecule has 0 aliphatic carbocycles. The molecule has 6 heteroatoms. The molecule has 6 nitrogen and oxygen atoms in total. The van der Waals surface area contributed by atoms with Gasteiger partial charge in [-0.3, -0.25) is 4.40 Å². The van der Waals surface area contributed by atoms with E-state index in [0.29, 0.717) is 16.6 Å². The van der Waals surface area contributed by atoms with Gasteiger partial charge in [0.05, 0.1) is 29.8 Å². The average molecular weight is 388 g/mol. The topological polar surface area (TPSA) is 69.9 Å². The zero-order valence-electron chi connectivity index (χ0n) is 16.2. The standard InChI is InChI=1S/C23H20N2O4/c1-3-28-22(26)19-18(15-10-6-5-7-11-15)16-12-8-9-13-17(16)25-14-24-20(21(19)25)23(27)29-4-2/h5-14H,3-4H2,1-2H3. The summed E-state index contributed by atoms with van der Waals surface area (Å²) < 4.78 is 12.3. The van der Waals surface area contributed by atoms with Crippen molar-refractivity contribution >= 4 is 28.4 Å². The van der Waals surface area contributed by atoms with Crippen LogP contribution in [0.1, 0.15) is 34.7 Å². The Morgan fingerprint density at radius 1 is 0.897 bits per heavy atom. The minimum absolute atomic E-state index is 0.0952. The summed E-state index contributed by atoms with van der Waals surface area (Å²) in [4.78, 5) is 30.0. The molecule has 0 N–H and O–H groups in total. The number of nitrogens with zero attached hydrogens (tertiary/aromatic N) is 2. The molecule has 0 saturated heterocycles. The van der Waals surface area contributed by atoms with Crippen LogP contribution in [0.3, 0.4) is 0 Å². The van der Waals surface area contributed by atoms with Gasteiger partial charge in [-0.15, -0.1) is 0 Å². The molecule has 0 unspecified atom stereocenters. The fraction of sp³-hybridized carbons (Fsp3) is 0.174. The van der Waals surface area contributed by atoms with Crippen molar-refractivity contribution in [2.45, 2.75) is 13.8 Å². The number of hydrogen-bond acceptors (Lipinski definition) is 5. The number of hydrogen-bond donors (Lipinski definition) is 0. The summed E-state index contributed by atoms with van der Waals surface area (Å²) in [5, 5.41) is 0.863. The van der Waals surface area contributed by atoms with Crippen molar-refractivity contribution in [2.24, 2.45) is 0 Å². The first kappa shape index (κ1) is 18.7. The van der Waals surface area contributed by atoms with Crippen molar-refractivity contribution in [2.75, 3.05) is 13.2 Å². The summed E-state index contributed by atoms with van der Waals surface area (Å²) in [6.45, 7) is 3.91. The second-order valence-electron chi connectivity index (χ2n) is 6.39. The van der Waals surface area contributed by atoms with Crippen LogP contribution in [-0.2, 0) is 9.47 Å². The molecule has 0 radical (unpaired) electrons. The molecule has 0 saturated carbocycles. The van der Waals surface area contributed by atoms with Crippen molar-refractivity contribution in [1.82, 2.24) is 9.38 Å².